The van der Waals surface area contributed by atoms with E-state index in [-0.39, 0.29) is 5.91 Å². The summed E-state index contributed by atoms with van der Waals surface area (Å²) in [7, 11) is 1.64. The van der Waals surface area contributed by atoms with Crippen LogP contribution >= 0.6 is 0 Å². The second-order valence-electron chi connectivity index (χ2n) is 4.83. The number of carbonyl (C=O) groups is 1. The highest BCUT2D eigenvalue weighted by Crippen LogP contribution is 2.09. The highest BCUT2D eigenvalue weighted by molar-refractivity contribution is 5.93. The van der Waals surface area contributed by atoms with Gasteiger partial charge in [-0.05, 0) is 30.5 Å². The van der Waals surface area contributed by atoms with Crippen molar-refractivity contribution in [3.63, 3.8) is 0 Å². The zero-order valence-corrected chi connectivity index (χ0v) is 11.8. The van der Waals surface area contributed by atoms with Crippen LogP contribution in [0.4, 0.5) is 0 Å². The summed E-state index contributed by atoms with van der Waals surface area (Å²) in [6.07, 6.45) is 1.18. The van der Waals surface area contributed by atoms with Gasteiger partial charge in [0.25, 0.3) is 5.91 Å². The molecule has 0 saturated heterocycles. The van der Waals surface area contributed by atoms with E-state index in [1.807, 2.05) is 24.3 Å². The molecule has 0 aliphatic rings. The number of carbonyl (C=O) groups excluding carboxylic acids is 1. The molecule has 2 N–H and O–H groups in total. The van der Waals surface area contributed by atoms with Crippen molar-refractivity contribution in [1.29, 1.82) is 0 Å². The quantitative estimate of drug-likeness (QED) is 0.812. The minimum absolute atomic E-state index is 0.0394. The Labute approximate surface area is 110 Å². The van der Waals surface area contributed by atoms with E-state index in [0.717, 1.165) is 6.54 Å². The molecule has 0 bridgehead atoms. The maximum atomic E-state index is 11.4. The van der Waals surface area contributed by atoms with Gasteiger partial charge in [0.05, 0.1) is 0 Å². The van der Waals surface area contributed by atoms with Gasteiger partial charge in [0.2, 0.25) is 0 Å². The van der Waals surface area contributed by atoms with Gasteiger partial charge >= 0.3 is 0 Å². The maximum absolute atomic E-state index is 11.4. The van der Waals surface area contributed by atoms with Gasteiger partial charge in [0.1, 0.15) is 0 Å². The van der Waals surface area contributed by atoms with E-state index in [1.54, 1.807) is 7.05 Å². The molecule has 2 atom stereocenters. The minimum atomic E-state index is -0.0394. The van der Waals surface area contributed by atoms with Crippen molar-refractivity contribution in [1.82, 2.24) is 10.6 Å². The summed E-state index contributed by atoms with van der Waals surface area (Å²) in [6.45, 7) is 7.53. The van der Waals surface area contributed by atoms with Crippen LogP contribution in [-0.2, 0) is 6.54 Å². The Morgan fingerprint density at radius 2 is 1.83 bits per heavy atom. The van der Waals surface area contributed by atoms with Gasteiger partial charge in [-0.3, -0.25) is 4.79 Å². The molecule has 0 aromatic heterocycles. The van der Waals surface area contributed by atoms with E-state index in [4.69, 9.17) is 0 Å². The van der Waals surface area contributed by atoms with Gasteiger partial charge in [-0.15, -0.1) is 0 Å². The van der Waals surface area contributed by atoms with Crippen LogP contribution in [0.15, 0.2) is 24.3 Å². The summed E-state index contributed by atoms with van der Waals surface area (Å²) in [5.41, 5.74) is 1.91. The summed E-state index contributed by atoms with van der Waals surface area (Å²) in [4.78, 5) is 11.4. The third kappa shape index (κ3) is 4.15. The normalized spacial score (nSPS) is 14.0. The zero-order chi connectivity index (χ0) is 13.5. The molecule has 18 heavy (non-hydrogen) atoms. The Morgan fingerprint density at radius 1 is 1.22 bits per heavy atom. The highest BCUT2D eigenvalue weighted by Gasteiger charge is 2.09. The standard InChI is InChI=1S/C15H24N2O/c1-5-11(2)12(3)17-10-13-6-8-14(9-7-13)15(18)16-4/h6-9,11-12,17H,5,10H2,1-4H3,(H,16,18). The van der Waals surface area contributed by atoms with Gasteiger partial charge in [-0.2, -0.15) is 0 Å². The second kappa shape index (κ2) is 7.17. The van der Waals surface area contributed by atoms with Crippen LogP contribution in [0.25, 0.3) is 0 Å². The van der Waals surface area contributed by atoms with Crippen molar-refractivity contribution >= 4 is 5.91 Å². The lowest BCUT2D eigenvalue weighted by atomic mass is 10.0. The molecule has 100 valence electrons. The Balaban J connectivity index is 2.51. The molecule has 0 saturated carbocycles. The van der Waals surface area contributed by atoms with E-state index >= 15 is 0 Å². The number of nitrogens with one attached hydrogen (secondary N) is 2. The van der Waals surface area contributed by atoms with Gasteiger partial charge in [-0.25, -0.2) is 0 Å². The van der Waals surface area contributed by atoms with Gasteiger partial charge in [0.15, 0.2) is 0 Å². The molecule has 1 aromatic carbocycles. The minimum Gasteiger partial charge on any atom is -0.355 e. The van der Waals surface area contributed by atoms with E-state index in [2.05, 4.69) is 31.4 Å². The van der Waals surface area contributed by atoms with Crippen LogP contribution in [0.2, 0.25) is 0 Å². The van der Waals surface area contributed by atoms with Crippen LogP contribution in [0.3, 0.4) is 0 Å². The highest BCUT2D eigenvalue weighted by atomic mass is 16.1. The SMILES string of the molecule is CCC(C)C(C)NCc1ccc(C(=O)NC)cc1. The lowest BCUT2D eigenvalue weighted by molar-refractivity contribution is 0.0963. The van der Waals surface area contributed by atoms with Crippen molar-refractivity contribution in [3.8, 4) is 0 Å². The zero-order valence-electron chi connectivity index (χ0n) is 11.8. The van der Waals surface area contributed by atoms with Crippen molar-refractivity contribution in [2.75, 3.05) is 7.05 Å². The molecule has 3 nitrogen and oxygen atoms in total. The van der Waals surface area contributed by atoms with Gasteiger partial charge in [0, 0.05) is 25.2 Å². The third-order valence-electron chi connectivity index (χ3n) is 3.57. The summed E-state index contributed by atoms with van der Waals surface area (Å²) in [5.74, 6) is 0.637. The fourth-order valence-electron chi connectivity index (χ4n) is 1.75. The molecule has 0 fully saturated rings. The van der Waals surface area contributed by atoms with Crippen LogP contribution in [0.5, 0.6) is 0 Å². The first-order chi connectivity index (χ1) is 8.58. The molecule has 2 unspecified atom stereocenters. The number of amides is 1. The largest absolute Gasteiger partial charge is 0.355 e. The fourth-order valence-corrected chi connectivity index (χ4v) is 1.75. The van der Waals surface area contributed by atoms with Crippen molar-refractivity contribution in [3.05, 3.63) is 35.4 Å². The molecule has 1 rings (SSSR count). The molecule has 0 aliphatic carbocycles. The molecule has 1 amide bonds. The Hall–Kier alpha value is -1.35. The summed E-state index contributed by atoms with van der Waals surface area (Å²) in [6, 6.07) is 8.24. The monoisotopic (exact) mass is 248 g/mol. The Kier molecular flexibility index (Phi) is 5.86. The average molecular weight is 248 g/mol. The molecule has 0 aliphatic heterocycles. The Morgan fingerprint density at radius 3 is 2.33 bits per heavy atom. The first kappa shape index (κ1) is 14.7. The van der Waals surface area contributed by atoms with Gasteiger partial charge in [-0.1, -0.05) is 32.4 Å². The summed E-state index contributed by atoms with van der Waals surface area (Å²) < 4.78 is 0. The number of rotatable bonds is 6. The van der Waals surface area contributed by atoms with Crippen LogP contribution in [0.1, 0.15) is 43.1 Å². The average Bonchev–Trinajstić information content (AvgIpc) is 2.43. The lowest BCUT2D eigenvalue weighted by Gasteiger charge is -2.19. The second-order valence-corrected chi connectivity index (χ2v) is 4.83. The molecule has 3 heteroatoms. The first-order valence-corrected chi connectivity index (χ1v) is 6.62. The van der Waals surface area contributed by atoms with E-state index < -0.39 is 0 Å². The van der Waals surface area contributed by atoms with Crippen molar-refractivity contribution in [2.45, 2.75) is 39.8 Å². The first-order valence-electron chi connectivity index (χ1n) is 6.62. The number of benzene rings is 1. The smallest absolute Gasteiger partial charge is 0.251 e. The predicted molar refractivity (Wildman–Crippen MR) is 75.6 cm³/mol. The van der Waals surface area contributed by atoms with Gasteiger partial charge < -0.3 is 10.6 Å². The van der Waals surface area contributed by atoms with E-state index in [0.29, 0.717) is 17.5 Å². The molecule has 0 spiro atoms. The lowest BCUT2D eigenvalue weighted by Crippen LogP contribution is -2.31. The molecular weight excluding hydrogens is 224 g/mol. The topological polar surface area (TPSA) is 41.1 Å². The molecule has 0 heterocycles. The number of hydrogen-bond donors (Lipinski definition) is 2. The van der Waals surface area contributed by atoms with Crippen molar-refractivity contribution in [2.24, 2.45) is 5.92 Å². The van der Waals surface area contributed by atoms with E-state index in [1.165, 1.54) is 12.0 Å². The van der Waals surface area contributed by atoms with Crippen molar-refractivity contribution < 1.29 is 4.79 Å². The number of hydrogen-bond acceptors (Lipinski definition) is 2. The summed E-state index contributed by atoms with van der Waals surface area (Å²) >= 11 is 0. The molecule has 1 aromatic rings. The fraction of sp³-hybridized carbons (Fsp3) is 0.533. The van der Waals surface area contributed by atoms with Crippen LogP contribution in [-0.4, -0.2) is 19.0 Å². The van der Waals surface area contributed by atoms with E-state index in [9.17, 15) is 4.79 Å². The third-order valence-corrected chi connectivity index (χ3v) is 3.57. The molecule has 0 radical (unpaired) electrons. The maximum Gasteiger partial charge on any atom is 0.251 e. The Bertz CT molecular complexity index is 373. The van der Waals surface area contributed by atoms with Crippen LogP contribution < -0.4 is 10.6 Å². The summed E-state index contributed by atoms with van der Waals surface area (Å²) in [5, 5.41) is 6.13. The molecular formula is C15H24N2O. The predicted octanol–water partition coefficient (Wildman–Crippen LogP) is 2.57. The van der Waals surface area contributed by atoms with Crippen LogP contribution in [0, 0.1) is 5.92 Å².